The Kier molecular flexibility index (Phi) is 5.76. The number of halogens is 1. The van der Waals surface area contributed by atoms with E-state index in [1.54, 1.807) is 44.6 Å². The largest absolute Gasteiger partial charge is 0.497 e. The predicted octanol–water partition coefficient (Wildman–Crippen LogP) is 3.07. The maximum absolute atomic E-state index is 12.0. The van der Waals surface area contributed by atoms with Gasteiger partial charge in [-0.05, 0) is 59.0 Å². The minimum Gasteiger partial charge on any atom is -0.497 e. The number of carbonyl (C=O) groups excluding carboxylic acids is 1. The molecule has 0 fully saturated rings. The first-order valence-electron chi connectivity index (χ1n) is 6.45. The molecule has 2 aromatic rings. The highest BCUT2D eigenvalue weighted by Gasteiger charge is 2.05. The second-order valence-electron chi connectivity index (χ2n) is 4.32. The van der Waals surface area contributed by atoms with Crippen molar-refractivity contribution in [2.75, 3.05) is 14.2 Å². The molecule has 2 rings (SSSR count). The number of nitrogens with zero attached hydrogens (tertiary/aromatic N) is 1. The van der Waals surface area contributed by atoms with Crippen LogP contribution in [0.25, 0.3) is 0 Å². The van der Waals surface area contributed by atoms with Crippen LogP contribution in [0.2, 0.25) is 0 Å². The number of benzene rings is 2. The van der Waals surface area contributed by atoms with Crippen LogP contribution in [-0.4, -0.2) is 26.3 Å². The number of methoxy groups -OCH3 is 2. The number of nitrogens with one attached hydrogen (secondary N) is 1. The standard InChI is InChI=1S/C16H15IN2O3/c1-21-14-6-7-15(22-2)12(9-14)10-18-19-16(20)11-4-3-5-13(17)8-11/h3-10H,1-2H3,(H,19,20)/b18-10-. The van der Waals surface area contributed by atoms with Crippen molar-refractivity contribution in [2.45, 2.75) is 0 Å². The van der Waals surface area contributed by atoms with Gasteiger partial charge in [-0.3, -0.25) is 4.79 Å². The van der Waals surface area contributed by atoms with Crippen molar-refractivity contribution in [3.63, 3.8) is 0 Å². The quantitative estimate of drug-likeness (QED) is 0.468. The Morgan fingerprint density at radius 3 is 2.68 bits per heavy atom. The zero-order valence-corrected chi connectivity index (χ0v) is 14.3. The molecule has 0 atom stereocenters. The highest BCUT2D eigenvalue weighted by Crippen LogP contribution is 2.22. The number of hydrazone groups is 1. The third-order valence-electron chi connectivity index (χ3n) is 2.89. The van der Waals surface area contributed by atoms with Crippen molar-refractivity contribution in [3.05, 3.63) is 57.2 Å². The van der Waals surface area contributed by atoms with Crippen LogP contribution in [0.15, 0.2) is 47.6 Å². The lowest BCUT2D eigenvalue weighted by Gasteiger charge is -2.06. The van der Waals surface area contributed by atoms with E-state index >= 15 is 0 Å². The van der Waals surface area contributed by atoms with Crippen LogP contribution in [0.4, 0.5) is 0 Å². The van der Waals surface area contributed by atoms with Crippen molar-refractivity contribution < 1.29 is 14.3 Å². The lowest BCUT2D eigenvalue weighted by atomic mass is 10.2. The van der Waals surface area contributed by atoms with Crippen molar-refractivity contribution in [2.24, 2.45) is 5.10 Å². The zero-order chi connectivity index (χ0) is 15.9. The lowest BCUT2D eigenvalue weighted by molar-refractivity contribution is 0.0955. The van der Waals surface area contributed by atoms with E-state index < -0.39 is 0 Å². The van der Waals surface area contributed by atoms with Gasteiger partial charge in [-0.2, -0.15) is 5.10 Å². The molecular formula is C16H15IN2O3. The number of hydrogen-bond acceptors (Lipinski definition) is 4. The fraction of sp³-hybridized carbons (Fsp3) is 0.125. The second kappa shape index (κ2) is 7.79. The normalized spacial score (nSPS) is 10.5. The Hall–Kier alpha value is -2.09. The first-order valence-corrected chi connectivity index (χ1v) is 7.53. The van der Waals surface area contributed by atoms with Crippen LogP contribution >= 0.6 is 22.6 Å². The maximum atomic E-state index is 12.0. The Bertz CT molecular complexity index is 702. The van der Waals surface area contributed by atoms with Gasteiger partial charge in [0.05, 0.1) is 20.4 Å². The van der Waals surface area contributed by atoms with Gasteiger partial charge >= 0.3 is 0 Å². The summed E-state index contributed by atoms with van der Waals surface area (Å²) in [6, 6.07) is 12.6. The average Bonchev–Trinajstić information content (AvgIpc) is 2.54. The smallest absolute Gasteiger partial charge is 0.271 e. The topological polar surface area (TPSA) is 59.9 Å². The summed E-state index contributed by atoms with van der Waals surface area (Å²) < 4.78 is 11.4. The van der Waals surface area contributed by atoms with Crippen molar-refractivity contribution in [1.82, 2.24) is 5.43 Å². The van der Waals surface area contributed by atoms with Crippen LogP contribution in [-0.2, 0) is 0 Å². The van der Waals surface area contributed by atoms with Gasteiger partial charge in [0.15, 0.2) is 0 Å². The molecule has 0 aliphatic heterocycles. The van der Waals surface area contributed by atoms with Crippen LogP contribution in [0.1, 0.15) is 15.9 Å². The minimum atomic E-state index is -0.267. The van der Waals surface area contributed by atoms with Gasteiger partial charge in [0.2, 0.25) is 0 Å². The van der Waals surface area contributed by atoms with Crippen molar-refractivity contribution in [3.8, 4) is 11.5 Å². The molecule has 0 unspecified atom stereocenters. The number of carbonyl (C=O) groups is 1. The van der Waals surface area contributed by atoms with Crippen LogP contribution in [0.3, 0.4) is 0 Å². The molecule has 0 aromatic heterocycles. The summed E-state index contributed by atoms with van der Waals surface area (Å²) in [4.78, 5) is 12.0. The molecule has 0 saturated carbocycles. The highest BCUT2D eigenvalue weighted by molar-refractivity contribution is 14.1. The van der Waals surface area contributed by atoms with E-state index in [-0.39, 0.29) is 5.91 Å². The van der Waals surface area contributed by atoms with Gasteiger partial charge in [-0.25, -0.2) is 5.43 Å². The SMILES string of the molecule is COc1ccc(OC)c(/C=N\NC(=O)c2cccc(I)c2)c1. The van der Waals surface area contributed by atoms with Crippen molar-refractivity contribution >= 4 is 34.7 Å². The summed E-state index contributed by atoms with van der Waals surface area (Å²) in [5.74, 6) is 1.07. The van der Waals surface area contributed by atoms with E-state index in [9.17, 15) is 4.79 Å². The summed E-state index contributed by atoms with van der Waals surface area (Å²) in [6.45, 7) is 0. The lowest BCUT2D eigenvalue weighted by Crippen LogP contribution is -2.17. The number of hydrogen-bond donors (Lipinski definition) is 1. The summed E-state index contributed by atoms with van der Waals surface area (Å²) in [5, 5.41) is 3.97. The van der Waals surface area contributed by atoms with E-state index in [0.29, 0.717) is 22.6 Å². The highest BCUT2D eigenvalue weighted by atomic mass is 127. The number of rotatable bonds is 5. The Labute approximate surface area is 142 Å². The first kappa shape index (κ1) is 16.3. The molecule has 0 aliphatic carbocycles. The molecule has 0 aliphatic rings. The molecule has 114 valence electrons. The fourth-order valence-electron chi connectivity index (χ4n) is 1.80. The third-order valence-corrected chi connectivity index (χ3v) is 3.56. The van der Waals surface area contributed by atoms with Gasteiger partial charge in [0.1, 0.15) is 11.5 Å². The average molecular weight is 410 g/mol. The first-order chi connectivity index (χ1) is 10.6. The summed E-state index contributed by atoms with van der Waals surface area (Å²) in [7, 11) is 3.16. The van der Waals surface area contributed by atoms with Gasteiger partial charge < -0.3 is 9.47 Å². The summed E-state index contributed by atoms with van der Waals surface area (Å²) >= 11 is 2.15. The third kappa shape index (κ3) is 4.20. The van der Waals surface area contributed by atoms with Gasteiger partial charge in [-0.1, -0.05) is 6.07 Å². The molecule has 1 N–H and O–H groups in total. The molecule has 0 bridgehead atoms. The number of ether oxygens (including phenoxy) is 2. The predicted molar refractivity (Wildman–Crippen MR) is 93.8 cm³/mol. The molecule has 22 heavy (non-hydrogen) atoms. The fourth-order valence-corrected chi connectivity index (χ4v) is 2.34. The maximum Gasteiger partial charge on any atom is 0.271 e. The molecular weight excluding hydrogens is 395 g/mol. The van der Waals surface area contributed by atoms with Gasteiger partial charge in [0.25, 0.3) is 5.91 Å². The van der Waals surface area contributed by atoms with Crippen LogP contribution < -0.4 is 14.9 Å². The molecule has 1 amide bonds. The van der Waals surface area contributed by atoms with E-state index in [2.05, 4.69) is 33.1 Å². The Balaban J connectivity index is 2.10. The molecule has 0 saturated heterocycles. The monoisotopic (exact) mass is 410 g/mol. The zero-order valence-electron chi connectivity index (χ0n) is 12.2. The Morgan fingerprint density at radius 1 is 1.18 bits per heavy atom. The number of amides is 1. The van der Waals surface area contributed by atoms with E-state index in [0.717, 1.165) is 3.57 Å². The molecule has 6 heteroatoms. The minimum absolute atomic E-state index is 0.267. The molecule has 0 radical (unpaired) electrons. The van der Waals surface area contributed by atoms with Crippen LogP contribution in [0, 0.1) is 3.57 Å². The second-order valence-corrected chi connectivity index (χ2v) is 5.56. The van der Waals surface area contributed by atoms with E-state index in [1.165, 1.54) is 6.21 Å². The van der Waals surface area contributed by atoms with Crippen molar-refractivity contribution in [1.29, 1.82) is 0 Å². The van der Waals surface area contributed by atoms with Crippen LogP contribution in [0.5, 0.6) is 11.5 Å². The van der Waals surface area contributed by atoms with E-state index in [1.807, 2.05) is 12.1 Å². The van der Waals surface area contributed by atoms with Gasteiger partial charge in [-0.15, -0.1) is 0 Å². The molecule has 2 aromatic carbocycles. The van der Waals surface area contributed by atoms with E-state index in [4.69, 9.17) is 9.47 Å². The van der Waals surface area contributed by atoms with Gasteiger partial charge in [0, 0.05) is 14.7 Å². The molecule has 0 spiro atoms. The molecule has 5 nitrogen and oxygen atoms in total. The summed E-state index contributed by atoms with van der Waals surface area (Å²) in [5.41, 5.74) is 3.76. The molecule has 0 heterocycles. The Morgan fingerprint density at radius 2 is 2.00 bits per heavy atom. The summed E-state index contributed by atoms with van der Waals surface area (Å²) in [6.07, 6.45) is 1.52.